The van der Waals surface area contributed by atoms with E-state index in [2.05, 4.69) is 55.9 Å². The van der Waals surface area contributed by atoms with Gasteiger partial charge in [0.05, 0.1) is 6.20 Å². The molecule has 1 heterocycles. The van der Waals surface area contributed by atoms with E-state index in [-0.39, 0.29) is 0 Å². The van der Waals surface area contributed by atoms with Gasteiger partial charge in [-0.1, -0.05) is 20.8 Å². The Morgan fingerprint density at radius 2 is 2.24 bits per heavy atom. The molecule has 1 atom stereocenters. The van der Waals surface area contributed by atoms with Crippen LogP contribution in [0.5, 0.6) is 0 Å². The van der Waals surface area contributed by atoms with E-state index in [4.69, 9.17) is 0 Å². The Labute approximate surface area is 105 Å². The number of hydrogen-bond donors (Lipinski definition) is 1. The molecule has 3 nitrogen and oxygen atoms in total. The van der Waals surface area contributed by atoms with Gasteiger partial charge in [0.25, 0.3) is 0 Å². The highest BCUT2D eigenvalue weighted by atomic mass is 15.3. The molecule has 0 saturated heterocycles. The maximum Gasteiger partial charge on any atom is 0.0540 e. The number of aromatic nitrogens is 2. The first-order chi connectivity index (χ1) is 7.94. The van der Waals surface area contributed by atoms with Crippen molar-refractivity contribution in [2.75, 3.05) is 6.54 Å². The Hall–Kier alpha value is -0.830. The summed E-state index contributed by atoms with van der Waals surface area (Å²) in [5, 5.41) is 8.17. The molecule has 96 valence electrons. The molecule has 1 aromatic rings. The zero-order valence-electron chi connectivity index (χ0n) is 11.7. The summed E-state index contributed by atoms with van der Waals surface area (Å²) in [6.45, 7) is 12.3. The van der Waals surface area contributed by atoms with E-state index in [1.165, 1.54) is 17.7 Å². The van der Waals surface area contributed by atoms with Gasteiger partial charge in [0.1, 0.15) is 0 Å². The van der Waals surface area contributed by atoms with Crippen molar-refractivity contribution in [1.82, 2.24) is 15.1 Å². The molecular formula is C14H25N3. The highest BCUT2D eigenvalue weighted by Gasteiger charge is 2.34. The average molecular weight is 235 g/mol. The predicted octanol–water partition coefficient (Wildman–Crippen LogP) is 3.09. The van der Waals surface area contributed by atoms with Gasteiger partial charge >= 0.3 is 0 Å². The second-order valence-corrected chi connectivity index (χ2v) is 6.24. The number of nitrogens with one attached hydrogen (secondary N) is 1. The third-order valence-electron chi connectivity index (χ3n) is 3.65. The van der Waals surface area contributed by atoms with Crippen LogP contribution in [-0.4, -0.2) is 16.3 Å². The van der Waals surface area contributed by atoms with E-state index in [1.54, 1.807) is 0 Å². The van der Waals surface area contributed by atoms with Gasteiger partial charge in [-0.05, 0) is 38.6 Å². The maximum absolute atomic E-state index is 4.57. The summed E-state index contributed by atoms with van der Waals surface area (Å²) in [4.78, 5) is 0. The van der Waals surface area contributed by atoms with Crippen LogP contribution in [0.25, 0.3) is 0 Å². The van der Waals surface area contributed by atoms with Crippen LogP contribution in [0.1, 0.15) is 64.4 Å². The monoisotopic (exact) mass is 235 g/mol. The molecule has 1 N–H and O–H groups in total. The van der Waals surface area contributed by atoms with Crippen LogP contribution in [0, 0.1) is 5.41 Å². The maximum atomic E-state index is 4.57. The Morgan fingerprint density at radius 1 is 1.53 bits per heavy atom. The Bertz CT molecular complexity index is 390. The fourth-order valence-electron chi connectivity index (χ4n) is 2.94. The van der Waals surface area contributed by atoms with E-state index in [0.717, 1.165) is 13.0 Å². The minimum atomic E-state index is 0.368. The highest BCUT2D eigenvalue weighted by molar-refractivity contribution is 5.27. The molecule has 0 spiro atoms. The van der Waals surface area contributed by atoms with Crippen LogP contribution >= 0.6 is 0 Å². The number of nitrogens with zero attached hydrogens (tertiary/aromatic N) is 2. The van der Waals surface area contributed by atoms with Crippen molar-refractivity contribution in [2.24, 2.45) is 5.41 Å². The number of fused-ring (bicyclic) bond motifs is 1. The standard InChI is InChI=1S/C14H25N3/c1-6-15-12-7-14(4,5)8-13-11(12)9-16-17(13)10(2)3/h9-10,12,15H,6-8H2,1-5H3. The Morgan fingerprint density at radius 3 is 2.82 bits per heavy atom. The molecule has 17 heavy (non-hydrogen) atoms. The minimum absolute atomic E-state index is 0.368. The van der Waals surface area contributed by atoms with Crippen molar-refractivity contribution in [3.05, 3.63) is 17.5 Å². The van der Waals surface area contributed by atoms with Crippen molar-refractivity contribution in [3.8, 4) is 0 Å². The van der Waals surface area contributed by atoms with Crippen molar-refractivity contribution >= 4 is 0 Å². The average Bonchev–Trinajstić information content (AvgIpc) is 2.59. The lowest BCUT2D eigenvalue weighted by Crippen LogP contribution is -2.34. The first-order valence-corrected chi connectivity index (χ1v) is 6.74. The van der Waals surface area contributed by atoms with Crippen molar-refractivity contribution in [3.63, 3.8) is 0 Å². The largest absolute Gasteiger partial charge is 0.310 e. The molecule has 0 aromatic carbocycles. The number of hydrogen-bond acceptors (Lipinski definition) is 2. The molecular weight excluding hydrogens is 210 g/mol. The van der Waals surface area contributed by atoms with Gasteiger partial charge in [0, 0.05) is 23.3 Å². The van der Waals surface area contributed by atoms with Gasteiger partial charge in [0.2, 0.25) is 0 Å². The molecule has 0 aliphatic heterocycles. The predicted molar refractivity (Wildman–Crippen MR) is 71.1 cm³/mol. The molecule has 3 heteroatoms. The topological polar surface area (TPSA) is 29.9 Å². The van der Waals surface area contributed by atoms with E-state index in [9.17, 15) is 0 Å². The quantitative estimate of drug-likeness (QED) is 0.872. The van der Waals surface area contributed by atoms with E-state index < -0.39 is 0 Å². The Balaban J connectivity index is 2.39. The van der Waals surface area contributed by atoms with E-state index in [0.29, 0.717) is 17.5 Å². The number of rotatable bonds is 3. The summed E-state index contributed by atoms with van der Waals surface area (Å²) >= 11 is 0. The second-order valence-electron chi connectivity index (χ2n) is 6.24. The van der Waals surface area contributed by atoms with Gasteiger partial charge in [-0.2, -0.15) is 5.10 Å². The molecule has 2 rings (SSSR count). The summed E-state index contributed by atoms with van der Waals surface area (Å²) in [5.74, 6) is 0. The lowest BCUT2D eigenvalue weighted by Gasteiger charge is -2.36. The molecule has 0 fully saturated rings. The summed E-state index contributed by atoms with van der Waals surface area (Å²) in [7, 11) is 0. The molecule has 0 radical (unpaired) electrons. The van der Waals surface area contributed by atoms with E-state index in [1.807, 2.05) is 0 Å². The Kier molecular flexibility index (Phi) is 3.30. The molecule has 0 saturated carbocycles. The van der Waals surface area contributed by atoms with Gasteiger partial charge in [-0.15, -0.1) is 0 Å². The van der Waals surface area contributed by atoms with Gasteiger partial charge in [-0.25, -0.2) is 0 Å². The van der Waals surface area contributed by atoms with Crippen LogP contribution < -0.4 is 5.32 Å². The molecule has 1 aliphatic rings. The SMILES string of the molecule is CCNC1CC(C)(C)Cc2c1cnn2C(C)C. The molecule has 0 bridgehead atoms. The zero-order valence-corrected chi connectivity index (χ0v) is 11.7. The van der Waals surface area contributed by atoms with E-state index >= 15 is 0 Å². The second kappa shape index (κ2) is 4.45. The summed E-state index contributed by atoms with van der Waals surface area (Å²) in [6, 6.07) is 0.932. The van der Waals surface area contributed by atoms with Crippen molar-refractivity contribution < 1.29 is 0 Å². The van der Waals surface area contributed by atoms with Gasteiger partial charge < -0.3 is 5.32 Å². The zero-order chi connectivity index (χ0) is 12.6. The molecule has 1 unspecified atom stereocenters. The van der Waals surface area contributed by atoms with Gasteiger partial charge in [0.15, 0.2) is 0 Å². The summed E-state index contributed by atoms with van der Waals surface area (Å²) in [5.41, 5.74) is 3.22. The lowest BCUT2D eigenvalue weighted by molar-refractivity contribution is 0.250. The van der Waals surface area contributed by atoms with Crippen LogP contribution in [-0.2, 0) is 6.42 Å². The molecule has 1 aromatic heterocycles. The summed E-state index contributed by atoms with van der Waals surface area (Å²) in [6.07, 6.45) is 4.41. The van der Waals surface area contributed by atoms with Crippen LogP contribution in [0.4, 0.5) is 0 Å². The third kappa shape index (κ3) is 2.39. The van der Waals surface area contributed by atoms with Crippen LogP contribution in [0.15, 0.2) is 6.20 Å². The molecule has 1 aliphatic carbocycles. The molecule has 0 amide bonds. The van der Waals surface area contributed by atoms with Gasteiger partial charge in [-0.3, -0.25) is 4.68 Å². The normalized spacial score (nSPS) is 22.8. The minimum Gasteiger partial charge on any atom is -0.310 e. The van der Waals surface area contributed by atoms with Crippen molar-refractivity contribution in [1.29, 1.82) is 0 Å². The van der Waals surface area contributed by atoms with Crippen LogP contribution in [0.2, 0.25) is 0 Å². The first kappa shape index (κ1) is 12.6. The lowest BCUT2D eigenvalue weighted by atomic mass is 9.74. The fourth-order valence-corrected chi connectivity index (χ4v) is 2.94. The first-order valence-electron chi connectivity index (χ1n) is 6.74. The van der Waals surface area contributed by atoms with Crippen LogP contribution in [0.3, 0.4) is 0 Å². The smallest absolute Gasteiger partial charge is 0.0540 e. The third-order valence-corrected chi connectivity index (χ3v) is 3.65. The summed E-state index contributed by atoms with van der Waals surface area (Å²) < 4.78 is 2.20. The van der Waals surface area contributed by atoms with Crippen molar-refractivity contribution in [2.45, 2.75) is 59.5 Å². The fraction of sp³-hybridized carbons (Fsp3) is 0.786. The highest BCUT2D eigenvalue weighted by Crippen LogP contribution is 2.41.